The lowest BCUT2D eigenvalue weighted by molar-refractivity contribution is 0.134. The van der Waals surface area contributed by atoms with Crippen LogP contribution in [0.5, 0.6) is 0 Å². The molecule has 21 heavy (non-hydrogen) atoms. The molecule has 1 unspecified atom stereocenters. The van der Waals surface area contributed by atoms with Gasteiger partial charge in [-0.2, -0.15) is 0 Å². The normalized spacial score (nSPS) is 18.5. The molecular formula is C18H23NO2. The Kier molecular flexibility index (Phi) is 4.73. The molecule has 0 spiro atoms. The minimum absolute atomic E-state index is 0.513. The number of furan rings is 1. The van der Waals surface area contributed by atoms with Gasteiger partial charge in [0.25, 0.3) is 0 Å². The Morgan fingerprint density at radius 1 is 1.24 bits per heavy atom. The van der Waals surface area contributed by atoms with Crippen molar-refractivity contribution in [3.63, 3.8) is 0 Å². The first kappa shape index (κ1) is 14.4. The zero-order valence-corrected chi connectivity index (χ0v) is 12.6. The molecule has 1 aliphatic rings. The molecule has 2 heterocycles. The third-order valence-corrected chi connectivity index (χ3v) is 4.10. The summed E-state index contributed by atoms with van der Waals surface area (Å²) in [6.07, 6.45) is 4.02. The Balaban J connectivity index is 1.64. The van der Waals surface area contributed by atoms with Gasteiger partial charge in [0, 0.05) is 19.2 Å². The molecule has 0 N–H and O–H groups in total. The zero-order valence-electron chi connectivity index (χ0n) is 12.6. The quantitative estimate of drug-likeness (QED) is 0.813. The smallest absolute Gasteiger partial charge is 0.118 e. The van der Waals surface area contributed by atoms with Crippen LogP contribution in [0, 0.1) is 6.92 Å². The molecule has 3 nitrogen and oxygen atoms in total. The molecule has 3 rings (SSSR count). The molecule has 2 aromatic rings. The largest absolute Gasteiger partial charge is 0.468 e. The summed E-state index contributed by atoms with van der Waals surface area (Å²) in [6.45, 7) is 5.70. The second kappa shape index (κ2) is 6.92. The van der Waals surface area contributed by atoms with Crippen molar-refractivity contribution < 1.29 is 9.15 Å². The maximum Gasteiger partial charge on any atom is 0.118 e. The van der Waals surface area contributed by atoms with Crippen LogP contribution in [0.15, 0.2) is 47.1 Å². The summed E-state index contributed by atoms with van der Waals surface area (Å²) in [5, 5.41) is 0. The Morgan fingerprint density at radius 2 is 2.10 bits per heavy atom. The first-order valence-corrected chi connectivity index (χ1v) is 7.71. The van der Waals surface area contributed by atoms with Crippen LogP contribution in [0.1, 0.15) is 23.3 Å². The molecule has 1 aliphatic heterocycles. The summed E-state index contributed by atoms with van der Waals surface area (Å²) in [5.74, 6) is 1.05. The van der Waals surface area contributed by atoms with Crippen molar-refractivity contribution in [3.05, 3.63) is 59.5 Å². The highest BCUT2D eigenvalue weighted by atomic mass is 16.5. The van der Waals surface area contributed by atoms with Crippen LogP contribution in [0.4, 0.5) is 0 Å². The van der Waals surface area contributed by atoms with Crippen LogP contribution in [-0.4, -0.2) is 30.7 Å². The Labute approximate surface area is 126 Å². The van der Waals surface area contributed by atoms with Gasteiger partial charge in [-0.25, -0.2) is 0 Å². The SMILES string of the molecule is Cc1coc(CN(CCc2ccccc2)C2CCOC2)c1. The number of rotatable bonds is 6. The minimum Gasteiger partial charge on any atom is -0.468 e. The molecule has 0 bridgehead atoms. The van der Waals surface area contributed by atoms with Gasteiger partial charge in [-0.1, -0.05) is 30.3 Å². The van der Waals surface area contributed by atoms with Gasteiger partial charge in [0.05, 0.1) is 19.4 Å². The topological polar surface area (TPSA) is 25.6 Å². The van der Waals surface area contributed by atoms with Gasteiger partial charge >= 0.3 is 0 Å². The van der Waals surface area contributed by atoms with Crippen molar-refractivity contribution in [2.75, 3.05) is 19.8 Å². The lowest BCUT2D eigenvalue weighted by Gasteiger charge is -2.27. The lowest BCUT2D eigenvalue weighted by Crippen LogP contribution is -2.36. The molecule has 0 amide bonds. The van der Waals surface area contributed by atoms with Gasteiger partial charge in [-0.05, 0) is 37.0 Å². The number of ether oxygens (including phenoxy) is 1. The van der Waals surface area contributed by atoms with Gasteiger partial charge in [-0.15, -0.1) is 0 Å². The third-order valence-electron chi connectivity index (χ3n) is 4.10. The molecule has 112 valence electrons. The third kappa shape index (κ3) is 3.96. The van der Waals surface area contributed by atoms with Gasteiger partial charge in [0.2, 0.25) is 0 Å². The molecule has 0 aliphatic carbocycles. The standard InChI is InChI=1S/C18H23NO2/c1-15-11-18(21-13-15)12-19(17-8-10-20-14-17)9-7-16-5-3-2-4-6-16/h2-6,11,13,17H,7-10,12,14H2,1H3. The summed E-state index contributed by atoms with van der Waals surface area (Å²) >= 11 is 0. The van der Waals surface area contributed by atoms with Crippen molar-refractivity contribution in [1.82, 2.24) is 4.90 Å². The molecule has 1 fully saturated rings. The maximum absolute atomic E-state index is 5.62. The van der Waals surface area contributed by atoms with E-state index in [0.29, 0.717) is 6.04 Å². The molecule has 1 aromatic heterocycles. The van der Waals surface area contributed by atoms with E-state index in [1.807, 2.05) is 6.26 Å². The van der Waals surface area contributed by atoms with E-state index in [2.05, 4.69) is 48.2 Å². The van der Waals surface area contributed by atoms with Crippen LogP contribution in [0.3, 0.4) is 0 Å². The molecular weight excluding hydrogens is 262 g/mol. The first-order chi connectivity index (χ1) is 10.3. The van der Waals surface area contributed by atoms with Crippen molar-refractivity contribution in [1.29, 1.82) is 0 Å². The predicted molar refractivity (Wildman–Crippen MR) is 83.2 cm³/mol. The summed E-state index contributed by atoms with van der Waals surface area (Å²) in [7, 11) is 0. The Morgan fingerprint density at radius 3 is 2.76 bits per heavy atom. The fraction of sp³-hybridized carbons (Fsp3) is 0.444. The Bertz CT molecular complexity index is 543. The van der Waals surface area contributed by atoms with Gasteiger partial charge in [-0.3, -0.25) is 4.90 Å². The van der Waals surface area contributed by atoms with Crippen molar-refractivity contribution in [2.24, 2.45) is 0 Å². The average molecular weight is 285 g/mol. The van der Waals surface area contributed by atoms with Crippen LogP contribution in [-0.2, 0) is 17.7 Å². The van der Waals surface area contributed by atoms with Gasteiger partial charge in [0.1, 0.15) is 5.76 Å². The van der Waals surface area contributed by atoms with Crippen molar-refractivity contribution in [2.45, 2.75) is 32.4 Å². The van der Waals surface area contributed by atoms with Crippen LogP contribution < -0.4 is 0 Å². The number of aryl methyl sites for hydroxylation is 1. The summed E-state index contributed by atoms with van der Waals surface area (Å²) in [5.41, 5.74) is 2.58. The number of nitrogens with zero attached hydrogens (tertiary/aromatic N) is 1. The highest BCUT2D eigenvalue weighted by Crippen LogP contribution is 2.18. The molecule has 0 radical (unpaired) electrons. The highest BCUT2D eigenvalue weighted by Gasteiger charge is 2.24. The zero-order chi connectivity index (χ0) is 14.5. The van der Waals surface area contributed by atoms with Crippen LogP contribution in [0.25, 0.3) is 0 Å². The van der Waals surface area contributed by atoms with E-state index in [1.165, 1.54) is 11.1 Å². The summed E-state index contributed by atoms with van der Waals surface area (Å²) < 4.78 is 11.2. The molecule has 1 atom stereocenters. The predicted octanol–water partition coefficient (Wildman–Crippen LogP) is 3.42. The van der Waals surface area contributed by atoms with E-state index < -0.39 is 0 Å². The van der Waals surface area contributed by atoms with Crippen LogP contribution in [0.2, 0.25) is 0 Å². The van der Waals surface area contributed by atoms with Gasteiger partial charge < -0.3 is 9.15 Å². The number of benzene rings is 1. The molecule has 0 saturated carbocycles. The fourth-order valence-electron chi connectivity index (χ4n) is 2.89. The second-order valence-electron chi connectivity index (χ2n) is 5.81. The van der Waals surface area contributed by atoms with Crippen molar-refractivity contribution >= 4 is 0 Å². The maximum atomic E-state index is 5.62. The van der Waals surface area contributed by atoms with Crippen LogP contribution >= 0.6 is 0 Å². The first-order valence-electron chi connectivity index (χ1n) is 7.71. The lowest BCUT2D eigenvalue weighted by atomic mass is 10.1. The molecule has 1 aromatic carbocycles. The molecule has 1 saturated heterocycles. The van der Waals surface area contributed by atoms with E-state index in [1.54, 1.807) is 0 Å². The summed E-state index contributed by atoms with van der Waals surface area (Å²) in [6, 6.07) is 13.3. The molecule has 3 heteroatoms. The second-order valence-corrected chi connectivity index (χ2v) is 5.81. The fourth-order valence-corrected chi connectivity index (χ4v) is 2.89. The Hall–Kier alpha value is -1.58. The number of hydrogen-bond donors (Lipinski definition) is 0. The highest BCUT2D eigenvalue weighted by molar-refractivity contribution is 5.15. The van der Waals surface area contributed by atoms with Gasteiger partial charge in [0.15, 0.2) is 0 Å². The van der Waals surface area contributed by atoms with Crippen molar-refractivity contribution in [3.8, 4) is 0 Å². The minimum atomic E-state index is 0.513. The average Bonchev–Trinajstić information content (AvgIpc) is 3.16. The van der Waals surface area contributed by atoms with E-state index in [0.717, 1.165) is 44.9 Å². The summed E-state index contributed by atoms with van der Waals surface area (Å²) in [4.78, 5) is 2.50. The monoisotopic (exact) mass is 285 g/mol. The van der Waals surface area contributed by atoms with E-state index in [9.17, 15) is 0 Å². The number of hydrogen-bond acceptors (Lipinski definition) is 3. The van der Waals surface area contributed by atoms with E-state index in [4.69, 9.17) is 9.15 Å². The van der Waals surface area contributed by atoms with E-state index >= 15 is 0 Å². The van der Waals surface area contributed by atoms with E-state index in [-0.39, 0.29) is 0 Å².